The lowest BCUT2D eigenvalue weighted by Gasteiger charge is -2.01. The van der Waals surface area contributed by atoms with Crippen LogP contribution in [0, 0.1) is 6.92 Å². The van der Waals surface area contributed by atoms with Crippen molar-refractivity contribution >= 4 is 5.78 Å². The van der Waals surface area contributed by atoms with Gasteiger partial charge in [-0.2, -0.15) is 0 Å². The molecule has 0 atom stereocenters. The van der Waals surface area contributed by atoms with E-state index in [4.69, 9.17) is 0 Å². The van der Waals surface area contributed by atoms with E-state index in [2.05, 4.69) is 4.98 Å². The number of nitrogens with zero attached hydrogens (tertiary/aromatic N) is 2. The largest absolute Gasteiger partial charge is 0.333 e. The highest BCUT2D eigenvalue weighted by Crippen LogP contribution is 2.18. The van der Waals surface area contributed by atoms with Crippen molar-refractivity contribution < 1.29 is 4.79 Å². The first-order chi connectivity index (χ1) is 7.58. The molecule has 0 saturated heterocycles. The molecular formula is C13H14N2O. The molecule has 3 heteroatoms. The molecule has 1 aromatic heterocycles. The van der Waals surface area contributed by atoms with Gasteiger partial charge in [0.05, 0.1) is 0 Å². The van der Waals surface area contributed by atoms with Gasteiger partial charge in [-0.05, 0) is 6.92 Å². The number of carbonyl (C=O) groups is 1. The van der Waals surface area contributed by atoms with Crippen molar-refractivity contribution in [2.24, 2.45) is 7.05 Å². The van der Waals surface area contributed by atoms with Gasteiger partial charge in [0.1, 0.15) is 11.5 Å². The predicted octanol–water partition coefficient (Wildman–Crippen LogP) is 2.60. The highest BCUT2D eigenvalue weighted by Gasteiger charge is 2.09. The molecule has 2 aromatic rings. The Balaban J connectivity index is 2.47. The molecule has 0 saturated carbocycles. The Hall–Kier alpha value is -1.90. The molecule has 0 bridgehead atoms. The number of aryl methyl sites for hydroxylation is 2. The first kappa shape index (κ1) is 10.6. The predicted molar refractivity (Wildman–Crippen MR) is 63.4 cm³/mol. The molecule has 0 unspecified atom stereocenters. The van der Waals surface area contributed by atoms with Crippen LogP contribution in [-0.4, -0.2) is 15.3 Å². The van der Waals surface area contributed by atoms with Crippen molar-refractivity contribution in [1.29, 1.82) is 0 Å². The third-order valence-electron chi connectivity index (χ3n) is 2.55. The Morgan fingerprint density at radius 3 is 2.38 bits per heavy atom. The molecule has 0 aliphatic carbocycles. The summed E-state index contributed by atoms with van der Waals surface area (Å²) >= 11 is 0. The summed E-state index contributed by atoms with van der Waals surface area (Å²) in [5, 5.41) is 0. The third kappa shape index (κ3) is 1.89. The molecule has 1 aromatic carbocycles. The quantitative estimate of drug-likeness (QED) is 0.720. The van der Waals surface area contributed by atoms with Crippen LogP contribution in [-0.2, 0) is 7.05 Å². The van der Waals surface area contributed by atoms with Crippen LogP contribution >= 0.6 is 0 Å². The molecule has 0 fully saturated rings. The van der Waals surface area contributed by atoms with E-state index < -0.39 is 0 Å². The van der Waals surface area contributed by atoms with Crippen LogP contribution in [0.25, 0.3) is 11.4 Å². The van der Waals surface area contributed by atoms with E-state index in [0.29, 0.717) is 5.69 Å². The number of benzene rings is 1. The summed E-state index contributed by atoms with van der Waals surface area (Å²) in [5.41, 5.74) is 2.75. The van der Waals surface area contributed by atoms with Crippen LogP contribution < -0.4 is 0 Å². The number of imidazole rings is 1. The van der Waals surface area contributed by atoms with Crippen molar-refractivity contribution in [2.75, 3.05) is 0 Å². The van der Waals surface area contributed by atoms with E-state index in [9.17, 15) is 4.79 Å². The maximum Gasteiger partial charge on any atom is 0.179 e. The minimum atomic E-state index is -0.00559. The van der Waals surface area contributed by atoms with Gasteiger partial charge in [-0.25, -0.2) is 4.98 Å². The Kier molecular flexibility index (Phi) is 2.60. The normalized spacial score (nSPS) is 10.4. The second kappa shape index (κ2) is 3.93. The Morgan fingerprint density at radius 2 is 1.88 bits per heavy atom. The number of rotatable bonds is 2. The van der Waals surface area contributed by atoms with Crippen molar-refractivity contribution in [3.63, 3.8) is 0 Å². The lowest BCUT2D eigenvalue weighted by atomic mass is 10.1. The van der Waals surface area contributed by atoms with Crippen LogP contribution in [0.4, 0.5) is 0 Å². The van der Waals surface area contributed by atoms with Crippen LogP contribution in [0.2, 0.25) is 0 Å². The van der Waals surface area contributed by atoms with Gasteiger partial charge in [-0.3, -0.25) is 4.79 Å². The Bertz CT molecular complexity index is 523. The van der Waals surface area contributed by atoms with Gasteiger partial charge >= 0.3 is 0 Å². The van der Waals surface area contributed by atoms with Gasteiger partial charge in [0.15, 0.2) is 5.78 Å². The van der Waals surface area contributed by atoms with Crippen molar-refractivity contribution in [2.45, 2.75) is 13.8 Å². The standard InChI is InChI=1S/C13H14N2O/c1-9-4-6-11(7-5-9)13-14-12(10(2)16)8-15(13)3/h4-8H,1-3H3. The van der Waals surface area contributed by atoms with Crippen molar-refractivity contribution in [3.8, 4) is 11.4 Å². The zero-order chi connectivity index (χ0) is 11.7. The maximum absolute atomic E-state index is 11.2. The van der Waals surface area contributed by atoms with Crippen LogP contribution in [0.3, 0.4) is 0 Å². The van der Waals surface area contributed by atoms with Gasteiger partial charge in [-0.15, -0.1) is 0 Å². The zero-order valence-corrected chi connectivity index (χ0v) is 9.69. The number of aromatic nitrogens is 2. The van der Waals surface area contributed by atoms with E-state index in [-0.39, 0.29) is 5.78 Å². The lowest BCUT2D eigenvalue weighted by Crippen LogP contribution is -1.91. The minimum absolute atomic E-state index is 0.00559. The Labute approximate surface area is 94.7 Å². The van der Waals surface area contributed by atoms with E-state index in [1.807, 2.05) is 42.8 Å². The molecular weight excluding hydrogens is 200 g/mol. The fourth-order valence-corrected chi connectivity index (χ4v) is 1.61. The van der Waals surface area contributed by atoms with Gasteiger partial charge in [0, 0.05) is 25.7 Å². The average Bonchev–Trinajstić information content (AvgIpc) is 2.62. The number of hydrogen-bond acceptors (Lipinski definition) is 2. The summed E-state index contributed by atoms with van der Waals surface area (Å²) < 4.78 is 1.88. The number of carbonyl (C=O) groups excluding carboxylic acids is 1. The summed E-state index contributed by atoms with van der Waals surface area (Å²) in [6, 6.07) is 8.11. The topological polar surface area (TPSA) is 34.9 Å². The summed E-state index contributed by atoms with van der Waals surface area (Å²) in [5.74, 6) is 0.819. The van der Waals surface area contributed by atoms with E-state index in [1.54, 1.807) is 6.20 Å². The molecule has 0 amide bonds. The van der Waals surface area contributed by atoms with E-state index >= 15 is 0 Å². The summed E-state index contributed by atoms with van der Waals surface area (Å²) in [6.45, 7) is 3.57. The molecule has 0 N–H and O–H groups in total. The highest BCUT2D eigenvalue weighted by molar-refractivity contribution is 5.92. The first-order valence-electron chi connectivity index (χ1n) is 5.19. The smallest absolute Gasteiger partial charge is 0.179 e. The fraction of sp³-hybridized carbons (Fsp3) is 0.231. The van der Waals surface area contributed by atoms with Gasteiger partial charge in [0.2, 0.25) is 0 Å². The fourth-order valence-electron chi connectivity index (χ4n) is 1.61. The number of ketones is 1. The number of Topliss-reactive ketones (excluding diaryl/α,β-unsaturated/α-hetero) is 1. The maximum atomic E-state index is 11.2. The molecule has 0 aliphatic rings. The van der Waals surface area contributed by atoms with Crippen LogP contribution in [0.15, 0.2) is 30.5 Å². The second-order valence-corrected chi connectivity index (χ2v) is 3.98. The first-order valence-corrected chi connectivity index (χ1v) is 5.19. The van der Waals surface area contributed by atoms with Crippen LogP contribution in [0.1, 0.15) is 23.0 Å². The molecule has 0 radical (unpaired) electrons. The third-order valence-corrected chi connectivity index (χ3v) is 2.55. The van der Waals surface area contributed by atoms with Gasteiger partial charge < -0.3 is 4.57 Å². The van der Waals surface area contributed by atoms with Gasteiger partial charge in [0.25, 0.3) is 0 Å². The summed E-state index contributed by atoms with van der Waals surface area (Å²) in [7, 11) is 1.90. The van der Waals surface area contributed by atoms with E-state index in [0.717, 1.165) is 11.4 Å². The number of hydrogen-bond donors (Lipinski definition) is 0. The minimum Gasteiger partial charge on any atom is -0.333 e. The molecule has 3 nitrogen and oxygen atoms in total. The van der Waals surface area contributed by atoms with Crippen molar-refractivity contribution in [3.05, 3.63) is 41.7 Å². The van der Waals surface area contributed by atoms with Crippen molar-refractivity contribution in [1.82, 2.24) is 9.55 Å². The average molecular weight is 214 g/mol. The zero-order valence-electron chi connectivity index (χ0n) is 9.69. The lowest BCUT2D eigenvalue weighted by molar-refractivity contribution is 0.101. The van der Waals surface area contributed by atoms with E-state index in [1.165, 1.54) is 12.5 Å². The molecule has 0 spiro atoms. The second-order valence-electron chi connectivity index (χ2n) is 3.98. The summed E-state index contributed by atoms with van der Waals surface area (Å²) in [6.07, 6.45) is 1.76. The monoisotopic (exact) mass is 214 g/mol. The summed E-state index contributed by atoms with van der Waals surface area (Å²) in [4.78, 5) is 15.5. The molecule has 82 valence electrons. The SMILES string of the molecule is CC(=O)c1cn(C)c(-c2ccc(C)cc2)n1. The Morgan fingerprint density at radius 1 is 1.25 bits per heavy atom. The van der Waals surface area contributed by atoms with Gasteiger partial charge in [-0.1, -0.05) is 29.8 Å². The highest BCUT2D eigenvalue weighted by atomic mass is 16.1. The molecule has 2 rings (SSSR count). The molecule has 1 heterocycles. The molecule has 16 heavy (non-hydrogen) atoms. The van der Waals surface area contributed by atoms with Crippen LogP contribution in [0.5, 0.6) is 0 Å². The molecule has 0 aliphatic heterocycles.